The molecule has 2 amide bonds. The van der Waals surface area contributed by atoms with Crippen molar-refractivity contribution in [2.24, 2.45) is 5.92 Å². The normalized spacial score (nSPS) is 17.8. The zero-order valence-corrected chi connectivity index (χ0v) is 13.8. The summed E-state index contributed by atoms with van der Waals surface area (Å²) in [7, 11) is 0. The smallest absolute Gasteiger partial charge is 0.227 e. The van der Waals surface area contributed by atoms with Crippen LogP contribution in [0, 0.1) is 5.92 Å². The first kappa shape index (κ1) is 18.0. The van der Waals surface area contributed by atoms with Crippen molar-refractivity contribution in [1.29, 1.82) is 0 Å². The molecule has 0 aliphatic carbocycles. The van der Waals surface area contributed by atoms with Crippen LogP contribution in [0.25, 0.3) is 0 Å². The van der Waals surface area contributed by atoms with Gasteiger partial charge in [-0.15, -0.1) is 0 Å². The number of nitrogens with zero attached hydrogens (tertiary/aromatic N) is 1. The van der Waals surface area contributed by atoms with Crippen molar-refractivity contribution in [2.45, 2.75) is 71.6 Å². The van der Waals surface area contributed by atoms with E-state index in [4.69, 9.17) is 0 Å². The van der Waals surface area contributed by atoms with Crippen LogP contribution in [0.3, 0.4) is 0 Å². The third-order valence-electron chi connectivity index (χ3n) is 4.20. The maximum atomic E-state index is 12.6. The van der Waals surface area contributed by atoms with Crippen molar-refractivity contribution in [3.8, 4) is 0 Å². The summed E-state index contributed by atoms with van der Waals surface area (Å²) in [6.07, 6.45) is 9.83. The Morgan fingerprint density at radius 2 is 1.62 bits per heavy atom. The summed E-state index contributed by atoms with van der Waals surface area (Å²) in [5.41, 5.74) is 0. The predicted octanol–water partition coefficient (Wildman–Crippen LogP) is 3.11. The molecular weight excluding hydrogens is 264 g/mol. The summed E-state index contributed by atoms with van der Waals surface area (Å²) in [5.74, 6) is 0.0708. The van der Waals surface area contributed by atoms with Gasteiger partial charge in [0.15, 0.2) is 0 Å². The fourth-order valence-corrected chi connectivity index (χ4v) is 2.83. The molecule has 0 radical (unpaired) electrons. The second kappa shape index (κ2) is 10.6. The molecule has 1 saturated heterocycles. The van der Waals surface area contributed by atoms with Crippen LogP contribution >= 0.6 is 0 Å². The van der Waals surface area contributed by atoms with Gasteiger partial charge in [-0.05, 0) is 12.8 Å². The van der Waals surface area contributed by atoms with E-state index in [2.05, 4.69) is 19.2 Å². The maximum Gasteiger partial charge on any atom is 0.227 e. The first-order valence-corrected chi connectivity index (χ1v) is 8.74. The van der Waals surface area contributed by atoms with Gasteiger partial charge in [-0.25, -0.2) is 0 Å². The van der Waals surface area contributed by atoms with E-state index in [1.807, 2.05) is 4.90 Å². The molecule has 122 valence electrons. The number of carbonyl (C=O) groups is 2. The van der Waals surface area contributed by atoms with E-state index in [1.165, 1.54) is 38.5 Å². The average Bonchev–Trinajstić information content (AvgIpc) is 2.91. The lowest BCUT2D eigenvalue weighted by Gasteiger charge is -2.25. The number of carbonyl (C=O) groups excluding carboxylic acids is 2. The molecule has 0 saturated carbocycles. The van der Waals surface area contributed by atoms with Crippen molar-refractivity contribution >= 4 is 11.8 Å². The van der Waals surface area contributed by atoms with Crippen molar-refractivity contribution in [1.82, 2.24) is 10.2 Å². The van der Waals surface area contributed by atoms with Gasteiger partial charge in [0.1, 0.15) is 0 Å². The van der Waals surface area contributed by atoms with Gasteiger partial charge in [0, 0.05) is 26.1 Å². The fraction of sp³-hybridized carbons (Fsp3) is 0.882. The van der Waals surface area contributed by atoms with Crippen LogP contribution in [-0.4, -0.2) is 36.3 Å². The van der Waals surface area contributed by atoms with Crippen LogP contribution in [0.2, 0.25) is 0 Å². The second-order valence-electron chi connectivity index (χ2n) is 6.15. The monoisotopic (exact) mass is 296 g/mol. The highest BCUT2D eigenvalue weighted by Gasteiger charge is 2.30. The first-order chi connectivity index (χ1) is 10.2. The van der Waals surface area contributed by atoms with Crippen LogP contribution in [0.15, 0.2) is 0 Å². The molecule has 4 heteroatoms. The Bertz CT molecular complexity index is 306. The Kier molecular flexibility index (Phi) is 9.11. The molecule has 1 unspecified atom stereocenters. The number of rotatable bonds is 11. The summed E-state index contributed by atoms with van der Waals surface area (Å²) < 4.78 is 0. The minimum atomic E-state index is -0.130. The Balaban J connectivity index is 2.40. The predicted molar refractivity (Wildman–Crippen MR) is 86.0 cm³/mol. The van der Waals surface area contributed by atoms with Crippen LogP contribution < -0.4 is 5.32 Å². The minimum absolute atomic E-state index is 0.0188. The molecule has 1 fully saturated rings. The van der Waals surface area contributed by atoms with Crippen molar-refractivity contribution < 1.29 is 9.59 Å². The molecule has 1 heterocycles. The van der Waals surface area contributed by atoms with E-state index in [-0.39, 0.29) is 17.7 Å². The molecular formula is C17H32N2O2. The van der Waals surface area contributed by atoms with E-state index < -0.39 is 0 Å². The molecule has 1 rings (SSSR count). The zero-order valence-electron chi connectivity index (χ0n) is 13.8. The first-order valence-electron chi connectivity index (χ1n) is 8.74. The van der Waals surface area contributed by atoms with Crippen LogP contribution in [0.1, 0.15) is 71.6 Å². The Morgan fingerprint density at radius 3 is 2.05 bits per heavy atom. The largest absolute Gasteiger partial charge is 0.355 e. The summed E-state index contributed by atoms with van der Waals surface area (Å²) in [6.45, 7) is 6.64. The molecule has 0 bridgehead atoms. The van der Waals surface area contributed by atoms with Crippen molar-refractivity contribution in [2.75, 3.05) is 19.6 Å². The highest BCUT2D eigenvalue weighted by Crippen LogP contribution is 2.15. The number of hydrogen-bond acceptors (Lipinski definition) is 2. The Labute approximate surface area is 129 Å². The van der Waals surface area contributed by atoms with Gasteiger partial charge in [-0.3, -0.25) is 9.59 Å². The molecule has 1 aliphatic heterocycles. The van der Waals surface area contributed by atoms with Gasteiger partial charge in [0.2, 0.25) is 11.8 Å². The number of hydrogen-bond donors (Lipinski definition) is 1. The molecule has 1 atom stereocenters. The van der Waals surface area contributed by atoms with E-state index >= 15 is 0 Å². The molecule has 21 heavy (non-hydrogen) atoms. The maximum absolute atomic E-state index is 12.6. The molecule has 0 spiro atoms. The van der Waals surface area contributed by atoms with Crippen molar-refractivity contribution in [3.63, 3.8) is 0 Å². The van der Waals surface area contributed by atoms with Crippen molar-refractivity contribution in [3.05, 3.63) is 0 Å². The molecule has 0 aromatic heterocycles. The quantitative estimate of drug-likeness (QED) is 0.596. The number of unbranched alkanes of at least 4 members (excludes halogenated alkanes) is 6. The number of amides is 2. The van der Waals surface area contributed by atoms with Crippen LogP contribution in [-0.2, 0) is 9.59 Å². The van der Waals surface area contributed by atoms with Gasteiger partial charge < -0.3 is 10.2 Å². The second-order valence-corrected chi connectivity index (χ2v) is 6.15. The summed E-state index contributed by atoms with van der Waals surface area (Å²) >= 11 is 0. The molecule has 1 aliphatic rings. The van der Waals surface area contributed by atoms with E-state index in [9.17, 15) is 9.59 Å². The summed E-state index contributed by atoms with van der Waals surface area (Å²) in [5, 5.41) is 2.77. The Morgan fingerprint density at radius 1 is 1.05 bits per heavy atom. The van der Waals surface area contributed by atoms with Gasteiger partial charge in [0.05, 0.1) is 5.92 Å². The highest BCUT2D eigenvalue weighted by atomic mass is 16.2. The summed E-state index contributed by atoms with van der Waals surface area (Å²) in [6, 6.07) is 0. The van der Waals surface area contributed by atoms with E-state index in [0.717, 1.165) is 25.9 Å². The lowest BCUT2D eigenvalue weighted by Crippen LogP contribution is -2.38. The third kappa shape index (κ3) is 6.96. The lowest BCUT2D eigenvalue weighted by atomic mass is 10.1. The van der Waals surface area contributed by atoms with Gasteiger partial charge in [0.25, 0.3) is 0 Å². The van der Waals surface area contributed by atoms with Gasteiger partial charge in [-0.1, -0.05) is 52.4 Å². The number of nitrogens with one attached hydrogen (secondary N) is 1. The third-order valence-corrected chi connectivity index (χ3v) is 4.20. The minimum Gasteiger partial charge on any atom is -0.355 e. The zero-order chi connectivity index (χ0) is 15.5. The SMILES string of the molecule is CCCCCCN(CCCCCC)C(=O)C1CNC(=O)C1. The molecule has 0 aromatic rings. The summed E-state index contributed by atoms with van der Waals surface area (Å²) in [4.78, 5) is 25.9. The molecule has 0 aromatic carbocycles. The Hall–Kier alpha value is -1.06. The van der Waals surface area contributed by atoms with E-state index in [0.29, 0.717) is 13.0 Å². The highest BCUT2D eigenvalue weighted by molar-refractivity contribution is 5.89. The van der Waals surface area contributed by atoms with Crippen LogP contribution in [0.5, 0.6) is 0 Å². The van der Waals surface area contributed by atoms with Gasteiger partial charge >= 0.3 is 0 Å². The fourth-order valence-electron chi connectivity index (χ4n) is 2.83. The lowest BCUT2D eigenvalue weighted by molar-refractivity contribution is -0.136. The van der Waals surface area contributed by atoms with Gasteiger partial charge in [-0.2, -0.15) is 0 Å². The average molecular weight is 296 g/mol. The van der Waals surface area contributed by atoms with E-state index in [1.54, 1.807) is 0 Å². The molecule has 1 N–H and O–H groups in total. The van der Waals surface area contributed by atoms with Crippen LogP contribution in [0.4, 0.5) is 0 Å². The molecule has 4 nitrogen and oxygen atoms in total. The topological polar surface area (TPSA) is 49.4 Å². The standard InChI is InChI=1S/C17H32N2O2/c1-3-5-7-9-11-19(12-10-8-6-4-2)17(21)15-13-16(20)18-14-15/h15H,3-14H2,1-2H3,(H,18,20).